The fourth-order valence-electron chi connectivity index (χ4n) is 11.9. The molecule has 0 aromatic heterocycles. The fourth-order valence-corrected chi connectivity index (χ4v) is 11.9. The molecule has 7 aromatic carbocycles. The largest absolute Gasteiger partial charge is 0.497 e. The van der Waals surface area contributed by atoms with Crippen molar-refractivity contribution < 1.29 is 81.0 Å². The van der Waals surface area contributed by atoms with Gasteiger partial charge in [0.2, 0.25) is 0 Å². The zero-order chi connectivity index (χ0) is 60.3. The van der Waals surface area contributed by atoms with Gasteiger partial charge in [-0.2, -0.15) is 0 Å². The molecule has 1 N–H and O–H groups in total. The topological polar surface area (TPSA) is 187 Å². The summed E-state index contributed by atoms with van der Waals surface area (Å²) in [5.74, 6) is -0.0187. The summed E-state index contributed by atoms with van der Waals surface area (Å²) in [6, 6.07) is 60.5. The number of nitrogens with zero attached hydrogens (tertiary/aromatic N) is 1. The third kappa shape index (κ3) is 14.1. The van der Waals surface area contributed by atoms with E-state index in [1.807, 2.05) is 190 Å². The number of methoxy groups -OCH3 is 1. The highest BCUT2D eigenvalue weighted by Gasteiger charge is 2.60. The van der Waals surface area contributed by atoms with Gasteiger partial charge in [0.15, 0.2) is 25.2 Å². The summed E-state index contributed by atoms with van der Waals surface area (Å²) in [5, 5.41) is 13.0. The summed E-state index contributed by atoms with van der Waals surface area (Å²) >= 11 is 0. The predicted octanol–water partition coefficient (Wildman–Crippen LogP) is 9.56. The third-order valence-corrected chi connectivity index (χ3v) is 16.4. The number of ether oxygens (including phenoxy) is 14. The number of aliphatic hydroxyl groups is 1. The molecule has 88 heavy (non-hydrogen) atoms. The van der Waals surface area contributed by atoms with Gasteiger partial charge < -0.3 is 71.4 Å². The molecule has 0 bridgehead atoms. The van der Waals surface area contributed by atoms with E-state index in [2.05, 4.69) is 0 Å². The second-order valence-corrected chi connectivity index (χ2v) is 22.3. The highest BCUT2D eigenvalue weighted by molar-refractivity contribution is 6.21. The molecule has 0 spiro atoms. The van der Waals surface area contributed by atoms with Gasteiger partial charge in [-0.15, -0.1) is 0 Å². The Labute approximate surface area is 511 Å². The van der Waals surface area contributed by atoms with E-state index in [9.17, 15) is 14.7 Å². The van der Waals surface area contributed by atoms with E-state index < -0.39 is 110 Å². The molecule has 0 saturated carbocycles. The second kappa shape index (κ2) is 28.9. The van der Waals surface area contributed by atoms with Gasteiger partial charge in [-0.05, 0) is 72.5 Å². The third-order valence-electron chi connectivity index (χ3n) is 16.4. The smallest absolute Gasteiger partial charge is 0.262 e. The van der Waals surface area contributed by atoms with E-state index in [-0.39, 0.29) is 57.4 Å². The van der Waals surface area contributed by atoms with Crippen molar-refractivity contribution in [2.75, 3.05) is 26.9 Å². The van der Waals surface area contributed by atoms with Crippen molar-refractivity contribution in [1.29, 1.82) is 0 Å². The summed E-state index contributed by atoms with van der Waals surface area (Å²) in [5.41, 5.74) is 4.55. The summed E-state index contributed by atoms with van der Waals surface area (Å²) in [7, 11) is 1.60. The van der Waals surface area contributed by atoms with Crippen molar-refractivity contribution in [2.24, 2.45) is 0 Å². The number of benzene rings is 7. The van der Waals surface area contributed by atoms with E-state index in [1.54, 1.807) is 31.4 Å². The summed E-state index contributed by atoms with van der Waals surface area (Å²) < 4.78 is 94.9. The molecule has 2 amide bonds. The summed E-state index contributed by atoms with van der Waals surface area (Å²) in [6.45, 7) is 4.45. The first kappa shape index (κ1) is 61.0. The lowest BCUT2D eigenvalue weighted by atomic mass is 9.93. The molecule has 12 rings (SSSR count). The van der Waals surface area contributed by atoms with Gasteiger partial charge >= 0.3 is 0 Å². The van der Waals surface area contributed by atoms with Gasteiger partial charge in [-0.3, -0.25) is 14.5 Å². The van der Waals surface area contributed by atoms with Crippen LogP contribution in [0.3, 0.4) is 0 Å². The molecule has 0 radical (unpaired) electrons. The Morgan fingerprint density at radius 2 is 0.886 bits per heavy atom. The molecule has 16 atom stereocenters. The number of rotatable bonds is 24. The number of fused-ring (bicyclic) bond motifs is 2. The number of imide groups is 1. The minimum atomic E-state index is -1.61. The van der Waals surface area contributed by atoms with E-state index in [4.69, 9.17) is 66.3 Å². The van der Waals surface area contributed by atoms with E-state index >= 15 is 0 Å². The molecule has 0 aliphatic carbocycles. The number of aliphatic hydroxyl groups excluding tert-OH is 1. The Balaban J connectivity index is 0.942. The molecule has 18 heteroatoms. The molecule has 18 nitrogen and oxygen atoms in total. The molecule has 460 valence electrons. The van der Waals surface area contributed by atoms with Crippen LogP contribution in [0.4, 0.5) is 0 Å². The molecular weight excluding hydrogens is 1130 g/mol. The van der Waals surface area contributed by atoms with Gasteiger partial charge in [-0.1, -0.05) is 164 Å². The molecule has 5 aliphatic rings. The molecule has 7 aromatic rings. The van der Waals surface area contributed by atoms with Crippen LogP contribution in [0.15, 0.2) is 200 Å². The van der Waals surface area contributed by atoms with Crippen LogP contribution in [0.2, 0.25) is 0 Å². The highest BCUT2D eigenvalue weighted by Crippen LogP contribution is 2.42. The highest BCUT2D eigenvalue weighted by atomic mass is 16.8. The van der Waals surface area contributed by atoms with Crippen LogP contribution in [0.5, 0.6) is 11.5 Å². The Hall–Kier alpha value is -7.24. The Morgan fingerprint density at radius 1 is 0.455 bits per heavy atom. The van der Waals surface area contributed by atoms with E-state index in [0.29, 0.717) is 17.1 Å². The molecule has 4 fully saturated rings. The maximum atomic E-state index is 14.8. The quantitative estimate of drug-likeness (QED) is 0.0445. The molecule has 4 saturated heterocycles. The van der Waals surface area contributed by atoms with Crippen LogP contribution in [0.1, 0.15) is 68.7 Å². The van der Waals surface area contributed by atoms with Crippen molar-refractivity contribution in [3.8, 4) is 11.5 Å². The second-order valence-electron chi connectivity index (χ2n) is 22.3. The zero-order valence-electron chi connectivity index (χ0n) is 49.2. The summed E-state index contributed by atoms with van der Waals surface area (Å²) in [6.07, 6.45) is -16.4. The Kier molecular flexibility index (Phi) is 20.1. The van der Waals surface area contributed by atoms with Crippen LogP contribution >= 0.6 is 0 Å². The van der Waals surface area contributed by atoms with Gasteiger partial charge in [0.1, 0.15) is 79.1 Å². The van der Waals surface area contributed by atoms with Crippen LogP contribution in [-0.2, 0) is 83.3 Å². The van der Waals surface area contributed by atoms with E-state index in [0.717, 1.165) is 27.2 Å². The Bertz CT molecular complexity index is 3280. The first-order chi connectivity index (χ1) is 43.2. The van der Waals surface area contributed by atoms with Crippen molar-refractivity contribution in [2.45, 2.75) is 139 Å². The van der Waals surface area contributed by atoms with Crippen molar-refractivity contribution in [3.05, 3.63) is 239 Å². The van der Waals surface area contributed by atoms with Gasteiger partial charge in [0.25, 0.3) is 11.8 Å². The molecule has 5 heterocycles. The lowest BCUT2D eigenvalue weighted by Crippen LogP contribution is -2.70. The standard InChI is InChI=1S/C70H73NO17/c1-44-58(78-39-46-21-9-4-10-22-46)61(80-41-48-25-13-6-14-26-48)63(69(83-44)77-38-37-76-52-35-33-51(75-3)34-36-52)88-70-64(62(81-42-49-27-15-7-16-28-49)59(45(2)84-70)79-40-47-23-11-5-12-24-47)87-68-56(71-65(73)53-31-19-20-32-54(53)66(71)74)57(72)60-55(85-68)43-82-67(86-60)50-29-17-8-18-30-50/h4-36,44-45,55-64,67-70,72H,37-43H2,1-3H3/t44-,45-,55+,56+,57+,58-,59-,60+,61+,62+,63+,64+,67?,68-,69+,70-/m0/s1. The maximum Gasteiger partial charge on any atom is 0.262 e. The zero-order valence-corrected chi connectivity index (χ0v) is 49.2. The van der Waals surface area contributed by atoms with Gasteiger partial charge in [0.05, 0.1) is 70.1 Å². The monoisotopic (exact) mass is 1200 g/mol. The number of carbonyl (C=O) groups is 2. The minimum absolute atomic E-state index is 0.0396. The molecule has 1 unspecified atom stereocenters. The van der Waals surface area contributed by atoms with Gasteiger partial charge in [-0.25, -0.2) is 0 Å². The lowest BCUT2D eigenvalue weighted by molar-refractivity contribution is -0.402. The lowest BCUT2D eigenvalue weighted by Gasteiger charge is -2.52. The average molecular weight is 1200 g/mol. The first-order valence-electron chi connectivity index (χ1n) is 29.9. The van der Waals surface area contributed by atoms with E-state index in [1.165, 1.54) is 0 Å². The van der Waals surface area contributed by atoms with Crippen molar-refractivity contribution in [3.63, 3.8) is 0 Å². The van der Waals surface area contributed by atoms with Crippen molar-refractivity contribution in [1.82, 2.24) is 4.90 Å². The van der Waals surface area contributed by atoms with Crippen LogP contribution < -0.4 is 9.47 Å². The Morgan fingerprint density at radius 3 is 1.39 bits per heavy atom. The number of hydrogen-bond donors (Lipinski definition) is 1. The first-order valence-corrected chi connectivity index (χ1v) is 29.9. The molecular formula is C70H73NO17. The van der Waals surface area contributed by atoms with Gasteiger partial charge in [0, 0.05) is 5.56 Å². The normalized spacial score (nSPS) is 29.5. The summed E-state index contributed by atoms with van der Waals surface area (Å²) in [4.78, 5) is 30.6. The molecule has 5 aliphatic heterocycles. The average Bonchev–Trinajstić information content (AvgIpc) is 1.49. The van der Waals surface area contributed by atoms with Crippen molar-refractivity contribution >= 4 is 11.8 Å². The maximum absolute atomic E-state index is 14.8. The SMILES string of the molecule is COc1ccc(OCCO[C@@H]2O[C@@H](C)[C@H](OCc3ccccc3)[C@@H](OCc3ccccc3)[C@H]2O[C@@H]2O[C@@H](C)[C@H](OCc3ccccc3)[C@@H](OCc3ccccc3)[C@H]2O[C@@H]2O[C@@H]3COC(c4ccccc4)O[C@H]3[C@H](O)[C@H]2N2C(=O)c3ccccc3C2=O)cc1. The fraction of sp³-hybridized carbons (Fsp3) is 0.371. The predicted molar refractivity (Wildman–Crippen MR) is 318 cm³/mol. The minimum Gasteiger partial charge on any atom is -0.497 e. The van der Waals surface area contributed by atoms with Crippen LogP contribution in [0, 0.1) is 0 Å². The number of hydrogen-bond acceptors (Lipinski definition) is 17. The number of amides is 2. The van der Waals surface area contributed by atoms with Crippen LogP contribution in [0.25, 0.3) is 0 Å². The van der Waals surface area contributed by atoms with Crippen LogP contribution in [-0.4, -0.2) is 141 Å². The number of carbonyl (C=O) groups excluding carboxylic acids is 2.